The van der Waals surface area contributed by atoms with Crippen molar-refractivity contribution in [3.8, 4) is 0 Å². The molecule has 0 aromatic carbocycles. The fourth-order valence-electron chi connectivity index (χ4n) is 2.23. The van der Waals surface area contributed by atoms with Gasteiger partial charge in [0.2, 0.25) is 0 Å². The van der Waals surface area contributed by atoms with Crippen LogP contribution in [0.1, 0.15) is 30.8 Å². The van der Waals surface area contributed by atoms with E-state index in [0.717, 1.165) is 33.6 Å². The van der Waals surface area contributed by atoms with Gasteiger partial charge in [-0.15, -0.1) is 0 Å². The van der Waals surface area contributed by atoms with Gasteiger partial charge in [0, 0.05) is 37.6 Å². The second kappa shape index (κ2) is 6.18. The van der Waals surface area contributed by atoms with Crippen molar-refractivity contribution in [1.29, 1.82) is 0 Å². The van der Waals surface area contributed by atoms with Gasteiger partial charge in [-0.3, -0.25) is 9.67 Å². The maximum Gasteiger partial charge on any atom is 0.155 e. The Balaban J connectivity index is 1.81. The summed E-state index contributed by atoms with van der Waals surface area (Å²) in [6.07, 6.45) is 8.68. The topological polar surface area (TPSA) is 57.2 Å². The zero-order chi connectivity index (χ0) is 15.7. The van der Waals surface area contributed by atoms with Crippen molar-refractivity contribution in [2.75, 3.05) is 0 Å². The summed E-state index contributed by atoms with van der Waals surface area (Å²) >= 11 is 3.47. The van der Waals surface area contributed by atoms with E-state index in [1.807, 2.05) is 43.9 Å². The molecule has 3 aromatic rings. The summed E-state index contributed by atoms with van der Waals surface area (Å²) in [6.45, 7) is 4.54. The van der Waals surface area contributed by atoms with Crippen molar-refractivity contribution in [1.82, 2.24) is 24.1 Å². The molecule has 0 spiro atoms. The first kappa shape index (κ1) is 15.2. The van der Waals surface area contributed by atoms with Crippen LogP contribution in [0.2, 0.25) is 0 Å². The molecule has 3 rings (SSSR count). The molecule has 6 nitrogen and oxygen atoms in total. The second-order valence-electron chi connectivity index (χ2n) is 5.53. The summed E-state index contributed by atoms with van der Waals surface area (Å²) in [7, 11) is 1.91. The van der Waals surface area contributed by atoms with Crippen LogP contribution in [0, 0.1) is 0 Å². The van der Waals surface area contributed by atoms with E-state index in [1.165, 1.54) is 0 Å². The van der Waals surface area contributed by atoms with E-state index >= 15 is 0 Å². The largest absolute Gasteiger partial charge is 0.372 e. The summed E-state index contributed by atoms with van der Waals surface area (Å²) in [4.78, 5) is 8.98. The number of halogens is 1. The minimum atomic E-state index is 0.193. The second-order valence-corrected chi connectivity index (χ2v) is 6.28. The lowest BCUT2D eigenvalue weighted by atomic mass is 10.2. The minimum Gasteiger partial charge on any atom is -0.372 e. The van der Waals surface area contributed by atoms with Crippen molar-refractivity contribution in [3.63, 3.8) is 0 Å². The number of hydrogen-bond donors (Lipinski definition) is 0. The number of aryl methyl sites for hydroxylation is 1. The van der Waals surface area contributed by atoms with Gasteiger partial charge in [-0.05, 0) is 29.8 Å². The SMILES string of the molecule is CC(C)OCc1cn2cc(Cc3cn(C)nc3Br)nc2cn1. The zero-order valence-corrected chi connectivity index (χ0v) is 14.4. The summed E-state index contributed by atoms with van der Waals surface area (Å²) in [5, 5.41) is 4.29. The average molecular weight is 364 g/mol. The molecule has 0 amide bonds. The molecule has 3 aromatic heterocycles. The molecule has 0 aliphatic heterocycles. The lowest BCUT2D eigenvalue weighted by Crippen LogP contribution is -2.04. The molecular weight excluding hydrogens is 346 g/mol. The maximum atomic E-state index is 5.58. The van der Waals surface area contributed by atoms with Gasteiger partial charge in [0.25, 0.3) is 0 Å². The Kier molecular flexibility index (Phi) is 4.26. The molecule has 0 fully saturated rings. The van der Waals surface area contributed by atoms with Crippen LogP contribution >= 0.6 is 15.9 Å². The van der Waals surface area contributed by atoms with E-state index in [2.05, 4.69) is 31.0 Å². The first-order valence-corrected chi connectivity index (χ1v) is 7.92. The summed E-state index contributed by atoms with van der Waals surface area (Å²) in [5.41, 5.74) is 3.83. The molecule has 0 saturated heterocycles. The molecule has 7 heteroatoms. The molecule has 0 aliphatic carbocycles. The van der Waals surface area contributed by atoms with E-state index in [0.29, 0.717) is 6.61 Å². The highest BCUT2D eigenvalue weighted by Crippen LogP contribution is 2.18. The number of aromatic nitrogens is 5. The minimum absolute atomic E-state index is 0.193. The Morgan fingerprint density at radius 1 is 1.23 bits per heavy atom. The highest BCUT2D eigenvalue weighted by molar-refractivity contribution is 9.10. The van der Waals surface area contributed by atoms with Gasteiger partial charge in [-0.1, -0.05) is 0 Å². The predicted molar refractivity (Wildman–Crippen MR) is 86.6 cm³/mol. The van der Waals surface area contributed by atoms with Gasteiger partial charge < -0.3 is 9.14 Å². The van der Waals surface area contributed by atoms with E-state index < -0.39 is 0 Å². The fourth-order valence-corrected chi connectivity index (χ4v) is 2.72. The van der Waals surface area contributed by atoms with E-state index in [1.54, 1.807) is 10.9 Å². The van der Waals surface area contributed by atoms with Gasteiger partial charge >= 0.3 is 0 Å². The predicted octanol–water partition coefficient (Wildman–Crippen LogP) is 2.74. The lowest BCUT2D eigenvalue weighted by molar-refractivity contribution is 0.0634. The van der Waals surface area contributed by atoms with Crippen LogP contribution in [-0.4, -0.2) is 30.3 Å². The van der Waals surface area contributed by atoms with Crippen LogP contribution in [0.5, 0.6) is 0 Å². The molecule has 0 saturated carbocycles. The number of ether oxygens (including phenoxy) is 1. The zero-order valence-electron chi connectivity index (χ0n) is 12.8. The molecule has 0 atom stereocenters. The third kappa shape index (κ3) is 3.36. The van der Waals surface area contributed by atoms with Crippen molar-refractivity contribution in [2.45, 2.75) is 33.0 Å². The maximum absolute atomic E-state index is 5.58. The first-order valence-electron chi connectivity index (χ1n) is 7.13. The quantitative estimate of drug-likeness (QED) is 0.699. The van der Waals surface area contributed by atoms with Gasteiger partial charge in [0.1, 0.15) is 4.60 Å². The average Bonchev–Trinajstić information content (AvgIpc) is 2.99. The molecule has 0 bridgehead atoms. The smallest absolute Gasteiger partial charge is 0.155 e. The normalized spacial score (nSPS) is 11.7. The third-order valence-electron chi connectivity index (χ3n) is 3.23. The molecular formula is C15H18BrN5O. The Hall–Kier alpha value is -1.73. The van der Waals surface area contributed by atoms with E-state index in [4.69, 9.17) is 4.74 Å². The van der Waals surface area contributed by atoms with Gasteiger partial charge in [0.05, 0.1) is 30.3 Å². The summed E-state index contributed by atoms with van der Waals surface area (Å²) in [6, 6.07) is 0. The van der Waals surface area contributed by atoms with Crippen LogP contribution in [0.4, 0.5) is 0 Å². The molecule has 3 heterocycles. The lowest BCUT2D eigenvalue weighted by Gasteiger charge is -2.06. The number of rotatable bonds is 5. The molecule has 0 N–H and O–H groups in total. The van der Waals surface area contributed by atoms with Crippen LogP contribution < -0.4 is 0 Å². The van der Waals surface area contributed by atoms with Gasteiger partial charge in [-0.2, -0.15) is 5.10 Å². The molecule has 22 heavy (non-hydrogen) atoms. The van der Waals surface area contributed by atoms with Crippen LogP contribution in [0.25, 0.3) is 5.65 Å². The fraction of sp³-hybridized carbons (Fsp3) is 0.400. The monoisotopic (exact) mass is 363 g/mol. The van der Waals surface area contributed by atoms with E-state index in [-0.39, 0.29) is 6.10 Å². The number of fused-ring (bicyclic) bond motifs is 1. The highest BCUT2D eigenvalue weighted by atomic mass is 79.9. The Bertz CT molecular complexity index is 792. The van der Waals surface area contributed by atoms with Crippen molar-refractivity contribution < 1.29 is 4.74 Å². The Labute approximate surface area is 137 Å². The molecule has 0 unspecified atom stereocenters. The molecule has 0 aliphatic rings. The van der Waals surface area contributed by atoms with Crippen LogP contribution in [0.15, 0.2) is 29.4 Å². The third-order valence-corrected chi connectivity index (χ3v) is 3.90. The Morgan fingerprint density at radius 2 is 2.00 bits per heavy atom. The van der Waals surface area contributed by atoms with Crippen LogP contribution in [-0.2, 0) is 24.8 Å². The standard InChI is InChI=1S/C15H18BrN5O/c1-10(2)22-9-13-8-21-7-12(18-14(21)5-17-13)4-11-6-20(3)19-15(11)16/h5-8,10H,4,9H2,1-3H3. The highest BCUT2D eigenvalue weighted by Gasteiger charge is 2.09. The Morgan fingerprint density at radius 3 is 2.68 bits per heavy atom. The van der Waals surface area contributed by atoms with E-state index in [9.17, 15) is 0 Å². The number of imidazole rings is 1. The first-order chi connectivity index (χ1) is 10.5. The molecule has 0 radical (unpaired) electrons. The number of hydrogen-bond acceptors (Lipinski definition) is 4. The van der Waals surface area contributed by atoms with Crippen molar-refractivity contribution in [3.05, 3.63) is 46.3 Å². The number of nitrogens with zero attached hydrogens (tertiary/aromatic N) is 5. The molecule has 116 valence electrons. The van der Waals surface area contributed by atoms with Crippen molar-refractivity contribution >= 4 is 21.6 Å². The summed E-state index contributed by atoms with van der Waals surface area (Å²) in [5.74, 6) is 0. The van der Waals surface area contributed by atoms with Gasteiger partial charge in [0.15, 0.2) is 5.65 Å². The van der Waals surface area contributed by atoms with Crippen LogP contribution in [0.3, 0.4) is 0 Å². The van der Waals surface area contributed by atoms with Crippen molar-refractivity contribution in [2.24, 2.45) is 7.05 Å². The summed E-state index contributed by atoms with van der Waals surface area (Å²) < 4.78 is 10.2. The van der Waals surface area contributed by atoms with Gasteiger partial charge in [-0.25, -0.2) is 4.98 Å².